The van der Waals surface area contributed by atoms with Crippen molar-refractivity contribution in [1.29, 1.82) is 0 Å². The number of aliphatic imine (C=N–C) groups is 1. The summed E-state index contributed by atoms with van der Waals surface area (Å²) in [5.41, 5.74) is 0.914. The zero-order valence-corrected chi connectivity index (χ0v) is 16.7. The molecule has 0 bridgehead atoms. The van der Waals surface area contributed by atoms with Gasteiger partial charge in [-0.2, -0.15) is 0 Å². The quantitative estimate of drug-likeness (QED) is 0.336. The van der Waals surface area contributed by atoms with E-state index >= 15 is 0 Å². The van der Waals surface area contributed by atoms with Gasteiger partial charge >= 0.3 is 0 Å². The second-order valence-electron chi connectivity index (χ2n) is 7.55. The fraction of sp³-hybridized carbons (Fsp3) is 0.650. The Kier molecular flexibility index (Phi) is 7.22. The highest BCUT2D eigenvalue weighted by Crippen LogP contribution is 2.33. The van der Waals surface area contributed by atoms with Crippen LogP contribution < -0.4 is 10.6 Å². The molecule has 1 aromatic carbocycles. The van der Waals surface area contributed by atoms with E-state index in [-0.39, 0.29) is 16.1 Å². The molecule has 2 N–H and O–H groups in total. The first-order valence-corrected chi connectivity index (χ1v) is 10.1. The molecule has 3 rings (SSSR count). The first-order valence-electron chi connectivity index (χ1n) is 10.1. The minimum absolute atomic E-state index is 0.127. The predicted molar refractivity (Wildman–Crippen MR) is 110 cm³/mol. The van der Waals surface area contributed by atoms with Crippen LogP contribution in [0.15, 0.2) is 29.3 Å². The molecule has 2 aliphatic rings. The van der Waals surface area contributed by atoms with Crippen molar-refractivity contribution in [2.45, 2.75) is 44.2 Å². The molecule has 0 radical (unpaired) electrons. The van der Waals surface area contributed by atoms with Gasteiger partial charge < -0.3 is 15.4 Å². The van der Waals surface area contributed by atoms with Crippen LogP contribution in [0.2, 0.25) is 0 Å². The second-order valence-corrected chi connectivity index (χ2v) is 7.55. The van der Waals surface area contributed by atoms with Gasteiger partial charge in [-0.05, 0) is 12.8 Å². The highest BCUT2D eigenvalue weighted by molar-refractivity contribution is 5.79. The van der Waals surface area contributed by atoms with Crippen molar-refractivity contribution in [3.8, 4) is 0 Å². The molecule has 1 saturated heterocycles. The van der Waals surface area contributed by atoms with Crippen molar-refractivity contribution in [2.75, 3.05) is 39.9 Å². The lowest BCUT2D eigenvalue weighted by atomic mass is 9.80. The zero-order chi connectivity index (χ0) is 19.8. The first-order chi connectivity index (χ1) is 13.6. The van der Waals surface area contributed by atoms with Crippen LogP contribution >= 0.6 is 0 Å². The topological polar surface area (TPSA) is 92.0 Å². The summed E-state index contributed by atoms with van der Waals surface area (Å²) >= 11 is 0. The van der Waals surface area contributed by atoms with Crippen LogP contribution in [0.5, 0.6) is 0 Å². The van der Waals surface area contributed by atoms with E-state index in [1.807, 2.05) is 6.07 Å². The minimum Gasteiger partial charge on any atom is -0.379 e. The molecule has 8 nitrogen and oxygen atoms in total. The fourth-order valence-electron chi connectivity index (χ4n) is 4.34. The zero-order valence-electron chi connectivity index (χ0n) is 16.7. The molecule has 0 amide bonds. The molecule has 1 aliphatic heterocycles. The van der Waals surface area contributed by atoms with Gasteiger partial charge in [0.1, 0.15) is 0 Å². The molecule has 154 valence electrons. The van der Waals surface area contributed by atoms with Gasteiger partial charge in [-0.15, -0.1) is 0 Å². The summed E-state index contributed by atoms with van der Waals surface area (Å²) in [7, 11) is 1.73. The van der Waals surface area contributed by atoms with E-state index in [9.17, 15) is 10.1 Å². The van der Waals surface area contributed by atoms with Crippen molar-refractivity contribution in [3.63, 3.8) is 0 Å². The summed E-state index contributed by atoms with van der Waals surface area (Å²) in [6.45, 7) is 4.73. The minimum atomic E-state index is -0.345. The SMILES string of the molecule is CN=C(NCc1ccccc1[N+](=O)[O-])NCC1(N2CCOCC2)CCCCC1. The smallest absolute Gasteiger partial charge is 0.274 e. The Morgan fingerprint density at radius 3 is 2.61 bits per heavy atom. The lowest BCUT2D eigenvalue weighted by molar-refractivity contribution is -0.385. The van der Waals surface area contributed by atoms with Crippen LogP contribution in [-0.2, 0) is 11.3 Å². The molecule has 28 heavy (non-hydrogen) atoms. The molecule has 8 heteroatoms. The van der Waals surface area contributed by atoms with Crippen molar-refractivity contribution in [1.82, 2.24) is 15.5 Å². The van der Waals surface area contributed by atoms with Gasteiger partial charge in [0.25, 0.3) is 5.69 Å². The number of ether oxygens (including phenoxy) is 1. The third-order valence-corrected chi connectivity index (χ3v) is 5.91. The molecule has 1 aromatic rings. The number of nitrogens with one attached hydrogen (secondary N) is 2. The average Bonchev–Trinajstić information content (AvgIpc) is 2.75. The number of guanidine groups is 1. The standard InChI is InChI=1S/C20H31N5O3/c1-21-19(22-15-17-7-3-4-8-18(17)25(26)27)23-16-20(9-5-2-6-10-20)24-11-13-28-14-12-24/h3-4,7-8H,2,5-6,9-16H2,1H3,(H2,21,22,23). The summed E-state index contributed by atoms with van der Waals surface area (Å²) in [6.07, 6.45) is 6.17. The summed E-state index contributed by atoms with van der Waals surface area (Å²) in [5, 5.41) is 17.9. The Balaban J connectivity index is 1.61. The number of para-hydroxylation sites is 1. The molecule has 1 saturated carbocycles. The number of morpholine rings is 1. The van der Waals surface area contributed by atoms with Gasteiger partial charge in [0.2, 0.25) is 0 Å². The Hall–Kier alpha value is -2.19. The Bertz CT molecular complexity index is 682. The van der Waals surface area contributed by atoms with Crippen LogP contribution in [0.3, 0.4) is 0 Å². The molecule has 0 spiro atoms. The molecule has 2 fully saturated rings. The number of nitrogens with zero attached hydrogens (tertiary/aromatic N) is 3. The van der Waals surface area contributed by atoms with Crippen molar-refractivity contribution < 1.29 is 9.66 Å². The van der Waals surface area contributed by atoms with E-state index in [2.05, 4.69) is 20.5 Å². The third kappa shape index (κ3) is 4.99. The summed E-state index contributed by atoms with van der Waals surface area (Å²) in [5.74, 6) is 0.677. The van der Waals surface area contributed by atoms with Crippen LogP contribution in [-0.4, -0.2) is 61.2 Å². The third-order valence-electron chi connectivity index (χ3n) is 5.91. The Morgan fingerprint density at radius 1 is 1.21 bits per heavy atom. The number of rotatable bonds is 6. The van der Waals surface area contributed by atoms with Gasteiger partial charge in [-0.1, -0.05) is 37.5 Å². The first kappa shape index (κ1) is 20.5. The Labute approximate surface area is 166 Å². The predicted octanol–water partition coefficient (Wildman–Crippen LogP) is 2.29. The molecular weight excluding hydrogens is 358 g/mol. The maximum Gasteiger partial charge on any atom is 0.274 e. The molecular formula is C20H31N5O3. The van der Waals surface area contributed by atoms with Gasteiger partial charge in [0.05, 0.1) is 18.1 Å². The average molecular weight is 390 g/mol. The highest BCUT2D eigenvalue weighted by Gasteiger charge is 2.38. The molecule has 0 aromatic heterocycles. The number of benzene rings is 1. The van der Waals surface area contributed by atoms with Gasteiger partial charge in [0.15, 0.2) is 5.96 Å². The largest absolute Gasteiger partial charge is 0.379 e. The maximum absolute atomic E-state index is 11.2. The second kappa shape index (κ2) is 9.84. The van der Waals surface area contributed by atoms with E-state index in [4.69, 9.17) is 4.74 Å². The lowest BCUT2D eigenvalue weighted by Gasteiger charge is -2.48. The lowest BCUT2D eigenvalue weighted by Crippen LogP contribution is -2.60. The van der Waals surface area contributed by atoms with Gasteiger partial charge in [-0.25, -0.2) is 0 Å². The van der Waals surface area contributed by atoms with E-state index in [1.54, 1.807) is 19.2 Å². The molecule has 0 atom stereocenters. The van der Waals surface area contributed by atoms with Crippen LogP contribution in [0, 0.1) is 10.1 Å². The number of hydrogen-bond donors (Lipinski definition) is 2. The summed E-state index contributed by atoms with van der Waals surface area (Å²) < 4.78 is 5.55. The molecule has 1 aliphatic carbocycles. The van der Waals surface area contributed by atoms with Crippen molar-refractivity contribution in [2.24, 2.45) is 4.99 Å². The van der Waals surface area contributed by atoms with E-state index in [0.29, 0.717) is 18.1 Å². The highest BCUT2D eigenvalue weighted by atomic mass is 16.6. The number of nitro benzene ring substituents is 1. The summed E-state index contributed by atoms with van der Waals surface area (Å²) in [6, 6.07) is 6.80. The van der Waals surface area contributed by atoms with Gasteiger partial charge in [-0.3, -0.25) is 20.0 Å². The fourth-order valence-corrected chi connectivity index (χ4v) is 4.34. The van der Waals surface area contributed by atoms with Crippen LogP contribution in [0.1, 0.15) is 37.7 Å². The van der Waals surface area contributed by atoms with Crippen molar-refractivity contribution in [3.05, 3.63) is 39.9 Å². The maximum atomic E-state index is 11.2. The monoisotopic (exact) mass is 389 g/mol. The van der Waals surface area contributed by atoms with E-state index < -0.39 is 0 Å². The van der Waals surface area contributed by atoms with E-state index in [0.717, 1.165) is 32.8 Å². The molecule has 1 heterocycles. The number of hydrogen-bond acceptors (Lipinski definition) is 5. The van der Waals surface area contributed by atoms with E-state index in [1.165, 1.54) is 38.2 Å². The van der Waals surface area contributed by atoms with Crippen molar-refractivity contribution >= 4 is 11.6 Å². The van der Waals surface area contributed by atoms with Crippen LogP contribution in [0.4, 0.5) is 5.69 Å². The summed E-state index contributed by atoms with van der Waals surface area (Å²) in [4.78, 5) is 17.8. The van der Waals surface area contributed by atoms with Crippen LogP contribution in [0.25, 0.3) is 0 Å². The normalized spacial score (nSPS) is 20.5. The van der Waals surface area contributed by atoms with Gasteiger partial charge in [0, 0.05) is 50.4 Å². The molecule has 0 unspecified atom stereocenters. The number of nitro groups is 1. The Morgan fingerprint density at radius 2 is 1.93 bits per heavy atom.